The third-order valence-electron chi connectivity index (χ3n) is 4.07. The maximum Gasteiger partial charge on any atom is 0.251 e. The summed E-state index contributed by atoms with van der Waals surface area (Å²) in [5.41, 5.74) is 3.23. The van der Waals surface area contributed by atoms with Gasteiger partial charge in [-0.25, -0.2) is 0 Å². The van der Waals surface area contributed by atoms with Crippen molar-refractivity contribution in [3.8, 4) is 5.75 Å². The van der Waals surface area contributed by atoms with E-state index < -0.39 is 0 Å². The number of amides is 2. The normalized spacial score (nSPS) is 14.3. The van der Waals surface area contributed by atoms with E-state index >= 15 is 0 Å². The van der Waals surface area contributed by atoms with Crippen LogP contribution >= 0.6 is 11.8 Å². The van der Waals surface area contributed by atoms with E-state index in [1.54, 1.807) is 19.2 Å². The van der Waals surface area contributed by atoms with E-state index in [1.807, 2.05) is 38.1 Å². The van der Waals surface area contributed by atoms with Crippen LogP contribution in [0.2, 0.25) is 0 Å². The van der Waals surface area contributed by atoms with Crippen molar-refractivity contribution in [3.05, 3.63) is 53.1 Å². The zero-order chi connectivity index (χ0) is 18.0. The SMILES string of the molecule is COc1ccc(C)cc1[C@@H](C)NC(=O)c1ccc2c(c1)NC(=O)CS2. The van der Waals surface area contributed by atoms with E-state index in [0.717, 1.165) is 21.8 Å². The van der Waals surface area contributed by atoms with E-state index in [9.17, 15) is 9.59 Å². The molecule has 2 N–H and O–H groups in total. The molecule has 0 aliphatic carbocycles. The van der Waals surface area contributed by atoms with E-state index in [2.05, 4.69) is 10.6 Å². The minimum absolute atomic E-state index is 0.0482. The molecule has 1 atom stereocenters. The van der Waals surface area contributed by atoms with Crippen LogP contribution in [0.5, 0.6) is 5.75 Å². The molecule has 0 saturated heterocycles. The van der Waals surface area contributed by atoms with Crippen molar-refractivity contribution in [1.29, 1.82) is 0 Å². The lowest BCUT2D eigenvalue weighted by molar-refractivity contribution is -0.113. The Balaban J connectivity index is 1.79. The van der Waals surface area contributed by atoms with Gasteiger partial charge >= 0.3 is 0 Å². The molecule has 0 spiro atoms. The van der Waals surface area contributed by atoms with Gasteiger partial charge in [-0.2, -0.15) is 0 Å². The topological polar surface area (TPSA) is 67.4 Å². The summed E-state index contributed by atoms with van der Waals surface area (Å²) >= 11 is 1.47. The standard InChI is InChI=1S/C19H20N2O3S/c1-11-4-6-16(24-3)14(8-11)12(2)20-19(23)13-5-7-17-15(9-13)21-18(22)10-25-17/h4-9,12H,10H2,1-3H3,(H,20,23)(H,21,22)/t12-/m1/s1. The maximum atomic E-state index is 12.6. The van der Waals surface area contributed by atoms with Gasteiger partial charge in [-0.1, -0.05) is 17.7 Å². The van der Waals surface area contributed by atoms with Crippen LogP contribution in [0.25, 0.3) is 0 Å². The van der Waals surface area contributed by atoms with Gasteiger partial charge in [0.05, 0.1) is 24.6 Å². The molecule has 2 aromatic carbocycles. The highest BCUT2D eigenvalue weighted by molar-refractivity contribution is 8.00. The fraction of sp³-hybridized carbons (Fsp3) is 0.263. The summed E-state index contributed by atoms with van der Waals surface area (Å²) in [7, 11) is 1.62. The molecule has 25 heavy (non-hydrogen) atoms. The first kappa shape index (κ1) is 17.4. The van der Waals surface area contributed by atoms with Gasteiger partial charge in [-0.3, -0.25) is 9.59 Å². The Labute approximate surface area is 151 Å². The summed E-state index contributed by atoms with van der Waals surface area (Å²) in [5, 5.41) is 5.80. The van der Waals surface area contributed by atoms with Crippen molar-refractivity contribution in [3.63, 3.8) is 0 Å². The van der Waals surface area contributed by atoms with E-state index in [4.69, 9.17) is 4.74 Å². The van der Waals surface area contributed by atoms with Gasteiger partial charge in [-0.15, -0.1) is 11.8 Å². The number of benzene rings is 2. The van der Waals surface area contributed by atoms with Crippen LogP contribution in [0, 0.1) is 6.92 Å². The Morgan fingerprint density at radius 1 is 1.28 bits per heavy atom. The molecule has 1 aliphatic rings. The van der Waals surface area contributed by atoms with Crippen LogP contribution in [0.4, 0.5) is 5.69 Å². The molecule has 2 amide bonds. The average molecular weight is 356 g/mol. The Hall–Kier alpha value is -2.47. The van der Waals surface area contributed by atoms with Gasteiger partial charge in [0.15, 0.2) is 0 Å². The van der Waals surface area contributed by atoms with Crippen molar-refractivity contribution in [2.45, 2.75) is 24.8 Å². The molecule has 1 heterocycles. The molecular weight excluding hydrogens is 336 g/mol. The molecular formula is C19H20N2O3S. The number of thioether (sulfide) groups is 1. The molecule has 0 aromatic heterocycles. The molecule has 1 aliphatic heterocycles. The van der Waals surface area contributed by atoms with Crippen LogP contribution < -0.4 is 15.4 Å². The number of carbonyl (C=O) groups is 2. The molecule has 0 fully saturated rings. The summed E-state index contributed by atoms with van der Waals surface area (Å²) < 4.78 is 5.39. The lowest BCUT2D eigenvalue weighted by atomic mass is 10.0. The molecule has 0 unspecified atom stereocenters. The minimum atomic E-state index is -0.206. The van der Waals surface area contributed by atoms with Crippen LogP contribution in [0.1, 0.15) is 34.5 Å². The van der Waals surface area contributed by atoms with Crippen LogP contribution in [-0.4, -0.2) is 24.7 Å². The summed E-state index contributed by atoms with van der Waals surface area (Å²) in [6, 6.07) is 11.0. The lowest BCUT2D eigenvalue weighted by Gasteiger charge is -2.20. The molecule has 2 aromatic rings. The van der Waals surface area contributed by atoms with Crippen molar-refractivity contribution in [2.75, 3.05) is 18.2 Å². The number of nitrogens with one attached hydrogen (secondary N) is 2. The average Bonchev–Trinajstić information content (AvgIpc) is 2.60. The smallest absolute Gasteiger partial charge is 0.251 e. The van der Waals surface area contributed by atoms with Crippen LogP contribution in [-0.2, 0) is 4.79 Å². The second-order valence-corrected chi connectivity index (χ2v) is 7.01. The number of hydrogen-bond donors (Lipinski definition) is 2. The highest BCUT2D eigenvalue weighted by Crippen LogP contribution is 2.32. The highest BCUT2D eigenvalue weighted by atomic mass is 32.2. The largest absolute Gasteiger partial charge is 0.496 e. The quantitative estimate of drug-likeness (QED) is 0.879. The molecule has 0 radical (unpaired) electrons. The third kappa shape index (κ3) is 3.79. The van der Waals surface area contributed by atoms with Gasteiger partial charge in [0.2, 0.25) is 5.91 Å². The first-order valence-corrected chi connectivity index (χ1v) is 8.98. The summed E-state index contributed by atoms with van der Waals surface area (Å²) in [5.74, 6) is 0.909. The predicted octanol–water partition coefficient (Wildman–Crippen LogP) is 3.54. The zero-order valence-corrected chi connectivity index (χ0v) is 15.2. The first-order valence-electron chi connectivity index (χ1n) is 8.00. The number of fused-ring (bicyclic) bond motifs is 1. The number of rotatable bonds is 4. The van der Waals surface area contributed by atoms with Gasteiger partial charge in [0.1, 0.15) is 5.75 Å². The fourth-order valence-corrected chi connectivity index (χ4v) is 3.56. The van der Waals surface area contributed by atoms with E-state index in [0.29, 0.717) is 17.0 Å². The Bertz CT molecular complexity index is 835. The monoisotopic (exact) mass is 356 g/mol. The van der Waals surface area contributed by atoms with Crippen LogP contribution in [0.15, 0.2) is 41.3 Å². The van der Waals surface area contributed by atoms with Gasteiger partial charge in [0.25, 0.3) is 5.91 Å². The van der Waals surface area contributed by atoms with Crippen molar-refractivity contribution >= 4 is 29.3 Å². The van der Waals surface area contributed by atoms with Gasteiger partial charge in [0, 0.05) is 16.0 Å². The number of anilines is 1. The highest BCUT2D eigenvalue weighted by Gasteiger charge is 2.19. The minimum Gasteiger partial charge on any atom is -0.496 e. The van der Waals surface area contributed by atoms with E-state index in [-0.39, 0.29) is 17.9 Å². The second kappa shape index (κ2) is 7.19. The van der Waals surface area contributed by atoms with E-state index in [1.165, 1.54) is 11.8 Å². The van der Waals surface area contributed by atoms with Crippen molar-refractivity contribution in [1.82, 2.24) is 5.32 Å². The summed E-state index contributed by atoms with van der Waals surface area (Å²) in [6.45, 7) is 3.92. The molecule has 130 valence electrons. The first-order chi connectivity index (χ1) is 12.0. The molecule has 0 bridgehead atoms. The maximum absolute atomic E-state index is 12.6. The number of aryl methyl sites for hydroxylation is 1. The fourth-order valence-electron chi connectivity index (χ4n) is 2.77. The molecule has 5 nitrogen and oxygen atoms in total. The number of carbonyl (C=O) groups excluding carboxylic acids is 2. The number of hydrogen-bond acceptors (Lipinski definition) is 4. The Morgan fingerprint density at radius 2 is 2.08 bits per heavy atom. The molecule has 6 heteroatoms. The molecule has 0 saturated carbocycles. The summed E-state index contributed by atoms with van der Waals surface area (Å²) in [6.07, 6.45) is 0. The Kier molecular flexibility index (Phi) is 4.99. The summed E-state index contributed by atoms with van der Waals surface area (Å²) in [4.78, 5) is 25.1. The van der Waals surface area contributed by atoms with Gasteiger partial charge in [-0.05, 0) is 38.1 Å². The third-order valence-corrected chi connectivity index (χ3v) is 5.15. The van der Waals surface area contributed by atoms with Crippen molar-refractivity contribution in [2.24, 2.45) is 0 Å². The number of ether oxygens (including phenoxy) is 1. The second-order valence-electron chi connectivity index (χ2n) is 5.99. The Morgan fingerprint density at radius 3 is 2.84 bits per heavy atom. The zero-order valence-electron chi connectivity index (χ0n) is 14.4. The van der Waals surface area contributed by atoms with Crippen LogP contribution in [0.3, 0.4) is 0 Å². The predicted molar refractivity (Wildman–Crippen MR) is 99.4 cm³/mol. The van der Waals surface area contributed by atoms with Crippen molar-refractivity contribution < 1.29 is 14.3 Å². The number of methoxy groups -OCH3 is 1. The van der Waals surface area contributed by atoms with Gasteiger partial charge < -0.3 is 15.4 Å². The molecule has 3 rings (SSSR count). The lowest BCUT2D eigenvalue weighted by Crippen LogP contribution is -2.27.